The summed E-state index contributed by atoms with van der Waals surface area (Å²) in [6.45, 7) is 4.76. The standard InChI is InChI=1S/C14H19N3/c1-3-4-11-5-7-12(8-6-11)14-10(2)13(9-15)16-17-14/h5-8H,3-4,9,15H2,1-2H3,(H,16,17). The Bertz CT molecular complexity index is 483. The number of aromatic amines is 1. The van der Waals surface area contributed by atoms with E-state index in [2.05, 4.69) is 48.3 Å². The van der Waals surface area contributed by atoms with Crippen LogP contribution in [0.3, 0.4) is 0 Å². The summed E-state index contributed by atoms with van der Waals surface area (Å²) in [7, 11) is 0. The Balaban J connectivity index is 2.30. The minimum atomic E-state index is 0.507. The first-order valence-corrected chi connectivity index (χ1v) is 6.09. The van der Waals surface area contributed by atoms with E-state index in [-0.39, 0.29) is 0 Å². The second-order valence-electron chi connectivity index (χ2n) is 4.33. The minimum absolute atomic E-state index is 0.507. The number of nitrogens with zero attached hydrogens (tertiary/aromatic N) is 1. The van der Waals surface area contributed by atoms with Gasteiger partial charge in [-0.15, -0.1) is 0 Å². The number of benzene rings is 1. The lowest BCUT2D eigenvalue weighted by Gasteiger charge is -2.02. The molecule has 17 heavy (non-hydrogen) atoms. The van der Waals surface area contributed by atoms with E-state index < -0.39 is 0 Å². The molecule has 0 saturated carbocycles. The van der Waals surface area contributed by atoms with Gasteiger partial charge in [0, 0.05) is 12.1 Å². The third kappa shape index (κ3) is 2.39. The summed E-state index contributed by atoms with van der Waals surface area (Å²) >= 11 is 0. The maximum Gasteiger partial charge on any atom is 0.0953 e. The Kier molecular flexibility index (Phi) is 3.59. The van der Waals surface area contributed by atoms with Crippen LogP contribution in [0.1, 0.15) is 30.2 Å². The molecule has 3 nitrogen and oxygen atoms in total. The van der Waals surface area contributed by atoms with Crippen LogP contribution in [0.2, 0.25) is 0 Å². The molecule has 0 aliphatic heterocycles. The Morgan fingerprint density at radius 2 is 1.94 bits per heavy atom. The largest absolute Gasteiger partial charge is 0.325 e. The van der Waals surface area contributed by atoms with E-state index in [4.69, 9.17) is 5.73 Å². The van der Waals surface area contributed by atoms with Crippen LogP contribution >= 0.6 is 0 Å². The fraction of sp³-hybridized carbons (Fsp3) is 0.357. The molecule has 0 saturated heterocycles. The number of aromatic nitrogens is 2. The lowest BCUT2D eigenvalue weighted by molar-refractivity contribution is 0.922. The molecule has 1 aromatic heterocycles. The summed E-state index contributed by atoms with van der Waals surface area (Å²) < 4.78 is 0. The Morgan fingerprint density at radius 3 is 2.47 bits per heavy atom. The molecule has 1 aromatic carbocycles. The summed E-state index contributed by atoms with van der Waals surface area (Å²) in [5.74, 6) is 0. The molecule has 2 aromatic rings. The van der Waals surface area contributed by atoms with E-state index in [1.165, 1.54) is 12.0 Å². The zero-order valence-corrected chi connectivity index (χ0v) is 10.5. The van der Waals surface area contributed by atoms with E-state index in [0.29, 0.717) is 6.54 Å². The number of hydrogen-bond donors (Lipinski definition) is 2. The molecular formula is C14H19N3. The predicted octanol–water partition coefficient (Wildman–Crippen LogP) is 2.80. The van der Waals surface area contributed by atoms with Crippen molar-refractivity contribution in [2.24, 2.45) is 5.73 Å². The number of H-pyrrole nitrogens is 1. The van der Waals surface area contributed by atoms with Gasteiger partial charge >= 0.3 is 0 Å². The third-order valence-corrected chi connectivity index (χ3v) is 3.08. The highest BCUT2D eigenvalue weighted by Gasteiger charge is 2.09. The third-order valence-electron chi connectivity index (χ3n) is 3.08. The smallest absolute Gasteiger partial charge is 0.0953 e. The second-order valence-corrected chi connectivity index (χ2v) is 4.33. The van der Waals surface area contributed by atoms with Gasteiger partial charge in [-0.2, -0.15) is 5.10 Å². The van der Waals surface area contributed by atoms with Gasteiger partial charge in [0.25, 0.3) is 0 Å². The highest BCUT2D eigenvalue weighted by molar-refractivity contribution is 5.63. The molecule has 2 rings (SSSR count). The van der Waals surface area contributed by atoms with Gasteiger partial charge in [0.1, 0.15) is 0 Å². The second kappa shape index (κ2) is 5.15. The van der Waals surface area contributed by atoms with Crippen molar-refractivity contribution in [2.75, 3.05) is 0 Å². The van der Waals surface area contributed by atoms with Crippen LogP contribution in [0, 0.1) is 6.92 Å². The normalized spacial score (nSPS) is 10.8. The van der Waals surface area contributed by atoms with Gasteiger partial charge in [-0.25, -0.2) is 0 Å². The summed E-state index contributed by atoms with van der Waals surface area (Å²) in [5.41, 5.74) is 11.3. The van der Waals surface area contributed by atoms with Crippen molar-refractivity contribution in [3.05, 3.63) is 41.1 Å². The van der Waals surface area contributed by atoms with Crippen molar-refractivity contribution in [3.8, 4) is 11.3 Å². The average molecular weight is 229 g/mol. The summed E-state index contributed by atoms with van der Waals surface area (Å²) in [5, 5.41) is 7.31. The van der Waals surface area contributed by atoms with E-state index in [0.717, 1.165) is 28.9 Å². The van der Waals surface area contributed by atoms with E-state index in [1.54, 1.807) is 0 Å². The molecule has 0 aliphatic carbocycles. The molecule has 0 aliphatic rings. The van der Waals surface area contributed by atoms with E-state index >= 15 is 0 Å². The van der Waals surface area contributed by atoms with Crippen molar-refractivity contribution in [1.29, 1.82) is 0 Å². The molecule has 3 heteroatoms. The van der Waals surface area contributed by atoms with Gasteiger partial charge in [0.2, 0.25) is 0 Å². The summed E-state index contributed by atoms with van der Waals surface area (Å²) in [6.07, 6.45) is 2.31. The Labute approximate surface area is 102 Å². The number of hydrogen-bond acceptors (Lipinski definition) is 2. The van der Waals surface area contributed by atoms with Crippen molar-refractivity contribution < 1.29 is 0 Å². The van der Waals surface area contributed by atoms with Crippen molar-refractivity contribution in [2.45, 2.75) is 33.2 Å². The predicted molar refractivity (Wildman–Crippen MR) is 70.6 cm³/mol. The summed E-state index contributed by atoms with van der Waals surface area (Å²) in [4.78, 5) is 0. The van der Waals surface area contributed by atoms with Gasteiger partial charge in [0.05, 0.1) is 11.4 Å². The molecule has 0 spiro atoms. The van der Waals surface area contributed by atoms with Crippen LogP contribution in [-0.2, 0) is 13.0 Å². The first-order valence-electron chi connectivity index (χ1n) is 6.09. The van der Waals surface area contributed by atoms with E-state index in [9.17, 15) is 0 Å². The maximum atomic E-state index is 5.63. The molecule has 1 heterocycles. The molecule has 0 bridgehead atoms. The SMILES string of the molecule is CCCc1ccc(-c2n[nH]c(CN)c2C)cc1. The number of rotatable bonds is 4. The zero-order valence-electron chi connectivity index (χ0n) is 10.5. The van der Waals surface area contributed by atoms with Crippen molar-refractivity contribution >= 4 is 0 Å². The molecule has 3 N–H and O–H groups in total. The molecular weight excluding hydrogens is 210 g/mol. The maximum absolute atomic E-state index is 5.63. The number of nitrogens with two attached hydrogens (primary N) is 1. The van der Waals surface area contributed by atoms with Crippen LogP contribution in [0.4, 0.5) is 0 Å². The summed E-state index contributed by atoms with van der Waals surface area (Å²) in [6, 6.07) is 8.62. The van der Waals surface area contributed by atoms with Gasteiger partial charge in [-0.3, -0.25) is 5.10 Å². The van der Waals surface area contributed by atoms with Crippen LogP contribution in [0.5, 0.6) is 0 Å². The Hall–Kier alpha value is -1.61. The van der Waals surface area contributed by atoms with Gasteiger partial charge in [0.15, 0.2) is 0 Å². The lowest BCUT2D eigenvalue weighted by Crippen LogP contribution is -1.98. The van der Waals surface area contributed by atoms with Crippen molar-refractivity contribution in [3.63, 3.8) is 0 Å². The molecule has 0 unspecified atom stereocenters. The fourth-order valence-electron chi connectivity index (χ4n) is 2.03. The highest BCUT2D eigenvalue weighted by Crippen LogP contribution is 2.23. The van der Waals surface area contributed by atoms with Crippen LogP contribution in [-0.4, -0.2) is 10.2 Å². The van der Waals surface area contributed by atoms with Crippen molar-refractivity contribution in [1.82, 2.24) is 10.2 Å². The number of aryl methyl sites for hydroxylation is 1. The van der Waals surface area contributed by atoms with Crippen LogP contribution in [0.15, 0.2) is 24.3 Å². The molecule has 0 fully saturated rings. The molecule has 0 atom stereocenters. The van der Waals surface area contributed by atoms with Gasteiger partial charge < -0.3 is 5.73 Å². The zero-order chi connectivity index (χ0) is 12.3. The molecule has 90 valence electrons. The fourth-order valence-corrected chi connectivity index (χ4v) is 2.03. The Morgan fingerprint density at radius 1 is 1.24 bits per heavy atom. The van der Waals surface area contributed by atoms with Crippen LogP contribution < -0.4 is 5.73 Å². The quantitative estimate of drug-likeness (QED) is 0.847. The van der Waals surface area contributed by atoms with Gasteiger partial charge in [-0.05, 0) is 24.5 Å². The highest BCUT2D eigenvalue weighted by atomic mass is 15.1. The first-order chi connectivity index (χ1) is 8.26. The lowest BCUT2D eigenvalue weighted by atomic mass is 10.0. The minimum Gasteiger partial charge on any atom is -0.325 e. The first kappa shape index (κ1) is 11.9. The molecule has 0 radical (unpaired) electrons. The van der Waals surface area contributed by atoms with E-state index in [1.807, 2.05) is 0 Å². The average Bonchev–Trinajstić information content (AvgIpc) is 2.72. The monoisotopic (exact) mass is 229 g/mol. The molecule has 0 amide bonds. The van der Waals surface area contributed by atoms with Crippen LogP contribution in [0.25, 0.3) is 11.3 Å². The topological polar surface area (TPSA) is 54.7 Å². The van der Waals surface area contributed by atoms with Gasteiger partial charge in [-0.1, -0.05) is 37.6 Å². The number of nitrogens with one attached hydrogen (secondary N) is 1.